The Labute approximate surface area is 170 Å². The van der Waals surface area contributed by atoms with Crippen LogP contribution >= 0.6 is 11.6 Å². The van der Waals surface area contributed by atoms with Crippen LogP contribution in [0.2, 0.25) is 5.02 Å². The van der Waals surface area contributed by atoms with Gasteiger partial charge in [-0.05, 0) is 55.0 Å². The molecule has 0 unspecified atom stereocenters. The molecule has 0 aliphatic carbocycles. The molecule has 29 heavy (non-hydrogen) atoms. The minimum Gasteiger partial charge on any atom is -0.477 e. The Bertz CT molecular complexity index is 1060. The first-order valence-corrected chi connectivity index (χ1v) is 8.85. The van der Waals surface area contributed by atoms with E-state index in [9.17, 15) is 14.9 Å². The summed E-state index contributed by atoms with van der Waals surface area (Å²) in [6, 6.07) is 15.1. The predicted molar refractivity (Wildman–Crippen MR) is 108 cm³/mol. The van der Waals surface area contributed by atoms with Gasteiger partial charge in [-0.2, -0.15) is 5.10 Å². The van der Waals surface area contributed by atoms with Crippen LogP contribution in [-0.4, -0.2) is 23.7 Å². The zero-order valence-corrected chi connectivity index (χ0v) is 16.1. The van der Waals surface area contributed by atoms with Crippen molar-refractivity contribution >= 4 is 29.4 Å². The van der Waals surface area contributed by atoms with E-state index in [1.165, 1.54) is 18.3 Å². The molecule has 3 aromatic rings. The molecule has 0 atom stereocenters. The van der Waals surface area contributed by atoms with Gasteiger partial charge in [-0.1, -0.05) is 17.7 Å². The van der Waals surface area contributed by atoms with Gasteiger partial charge in [0.05, 0.1) is 11.1 Å². The topological polar surface area (TPSA) is 107 Å². The van der Waals surface area contributed by atoms with E-state index in [0.29, 0.717) is 16.5 Å². The van der Waals surface area contributed by atoms with Gasteiger partial charge in [0.25, 0.3) is 5.91 Å². The van der Waals surface area contributed by atoms with Gasteiger partial charge in [0.1, 0.15) is 11.5 Å². The molecule has 3 rings (SSSR count). The smallest absolute Gasteiger partial charge is 0.311 e. The SMILES string of the molecule is Cc1ccc(OCC(=O)N/N=C/c2ccc(-c3ccc(Cl)cc3)o2)c([N+](=O)[O-])c1. The lowest BCUT2D eigenvalue weighted by Gasteiger charge is -2.06. The molecule has 0 spiro atoms. The molecule has 0 saturated heterocycles. The van der Waals surface area contributed by atoms with Gasteiger partial charge in [0.2, 0.25) is 0 Å². The number of hydrogen-bond acceptors (Lipinski definition) is 6. The van der Waals surface area contributed by atoms with Crippen molar-refractivity contribution < 1.29 is 18.9 Å². The summed E-state index contributed by atoms with van der Waals surface area (Å²) in [5.41, 5.74) is 3.64. The van der Waals surface area contributed by atoms with Gasteiger partial charge in [-0.25, -0.2) is 5.43 Å². The highest BCUT2D eigenvalue weighted by Gasteiger charge is 2.16. The Hall–Kier alpha value is -3.65. The number of halogens is 1. The number of nitrogens with one attached hydrogen (secondary N) is 1. The van der Waals surface area contributed by atoms with Crippen LogP contribution in [-0.2, 0) is 4.79 Å². The Morgan fingerprint density at radius 2 is 2.00 bits per heavy atom. The van der Waals surface area contributed by atoms with Crippen LogP contribution in [0.4, 0.5) is 5.69 Å². The number of hydrogen-bond donors (Lipinski definition) is 1. The fourth-order valence-electron chi connectivity index (χ4n) is 2.43. The zero-order valence-electron chi connectivity index (χ0n) is 15.3. The molecule has 0 aliphatic heterocycles. The number of amides is 1. The summed E-state index contributed by atoms with van der Waals surface area (Å²) in [7, 11) is 0. The highest BCUT2D eigenvalue weighted by molar-refractivity contribution is 6.30. The summed E-state index contributed by atoms with van der Waals surface area (Å²) >= 11 is 5.86. The summed E-state index contributed by atoms with van der Waals surface area (Å²) in [6.07, 6.45) is 1.34. The second kappa shape index (κ2) is 9.03. The van der Waals surface area contributed by atoms with Gasteiger partial charge in [-0.3, -0.25) is 14.9 Å². The molecule has 0 saturated carbocycles. The quantitative estimate of drug-likeness (QED) is 0.352. The summed E-state index contributed by atoms with van der Waals surface area (Å²) in [6.45, 7) is 1.31. The molecule has 1 aromatic heterocycles. The second-order valence-electron chi connectivity index (χ2n) is 6.02. The van der Waals surface area contributed by atoms with Crippen molar-refractivity contribution in [1.29, 1.82) is 0 Å². The molecule has 0 fully saturated rings. The van der Waals surface area contributed by atoms with E-state index in [4.69, 9.17) is 20.8 Å². The summed E-state index contributed by atoms with van der Waals surface area (Å²) < 4.78 is 10.9. The maximum absolute atomic E-state index is 11.9. The Morgan fingerprint density at radius 3 is 2.72 bits per heavy atom. The summed E-state index contributed by atoms with van der Waals surface area (Å²) in [5, 5.41) is 15.5. The molecular formula is C20H16ClN3O5. The Balaban J connectivity index is 1.54. The van der Waals surface area contributed by atoms with Gasteiger partial charge in [-0.15, -0.1) is 0 Å². The van der Waals surface area contributed by atoms with Crippen molar-refractivity contribution in [3.63, 3.8) is 0 Å². The standard InChI is InChI=1S/C20H16ClN3O5/c1-13-2-8-19(17(10-13)24(26)27)28-12-20(25)23-22-11-16-7-9-18(29-16)14-3-5-15(21)6-4-14/h2-11H,12H2,1H3,(H,23,25)/b22-11+. The first-order chi connectivity index (χ1) is 13.9. The van der Waals surface area contributed by atoms with Gasteiger partial charge < -0.3 is 9.15 Å². The van der Waals surface area contributed by atoms with Gasteiger partial charge in [0.15, 0.2) is 12.4 Å². The lowest BCUT2D eigenvalue weighted by Crippen LogP contribution is -2.24. The third-order valence-electron chi connectivity index (χ3n) is 3.81. The van der Waals surface area contributed by atoms with E-state index in [1.54, 1.807) is 37.3 Å². The number of nitrogens with zero attached hydrogens (tertiary/aromatic N) is 2. The number of hydrazone groups is 1. The maximum Gasteiger partial charge on any atom is 0.311 e. The van der Waals surface area contributed by atoms with E-state index in [-0.39, 0.29) is 11.4 Å². The lowest BCUT2D eigenvalue weighted by atomic mass is 10.2. The number of aryl methyl sites for hydroxylation is 1. The molecule has 1 heterocycles. The minimum absolute atomic E-state index is 0.0124. The highest BCUT2D eigenvalue weighted by atomic mass is 35.5. The average molecular weight is 414 g/mol. The van der Waals surface area contributed by atoms with Gasteiger partial charge in [0, 0.05) is 16.7 Å². The molecule has 1 N–H and O–H groups in total. The van der Waals surface area contributed by atoms with Crippen LogP contribution < -0.4 is 10.2 Å². The van der Waals surface area contributed by atoms with E-state index in [1.807, 2.05) is 12.1 Å². The lowest BCUT2D eigenvalue weighted by molar-refractivity contribution is -0.385. The maximum atomic E-state index is 11.9. The molecule has 0 aliphatic rings. The number of furan rings is 1. The van der Waals surface area contributed by atoms with Crippen LogP contribution in [0.15, 0.2) is 64.1 Å². The number of nitro groups is 1. The van der Waals surface area contributed by atoms with Crippen molar-refractivity contribution in [2.75, 3.05) is 6.61 Å². The fraction of sp³-hybridized carbons (Fsp3) is 0.100. The third kappa shape index (κ3) is 5.43. The Kier molecular flexibility index (Phi) is 6.25. The number of carbonyl (C=O) groups excluding carboxylic acids is 1. The molecule has 148 valence electrons. The number of nitro benzene ring substituents is 1. The van der Waals surface area contributed by atoms with Crippen molar-refractivity contribution in [2.45, 2.75) is 6.92 Å². The first kappa shape index (κ1) is 20.1. The Morgan fingerprint density at radius 1 is 1.24 bits per heavy atom. The van der Waals surface area contributed by atoms with Crippen LogP contribution in [0.3, 0.4) is 0 Å². The molecule has 0 radical (unpaired) electrons. The number of benzene rings is 2. The van der Waals surface area contributed by atoms with Crippen LogP contribution in [0.25, 0.3) is 11.3 Å². The number of ether oxygens (including phenoxy) is 1. The van der Waals surface area contributed by atoms with Crippen molar-refractivity contribution in [1.82, 2.24) is 5.43 Å². The van der Waals surface area contributed by atoms with Crippen LogP contribution in [0.5, 0.6) is 5.75 Å². The van der Waals surface area contributed by atoms with E-state index in [0.717, 1.165) is 11.1 Å². The third-order valence-corrected chi connectivity index (χ3v) is 4.06. The molecule has 8 nitrogen and oxygen atoms in total. The molecular weight excluding hydrogens is 398 g/mol. The predicted octanol–water partition coefficient (Wildman–Crippen LogP) is 4.35. The molecule has 1 amide bonds. The van der Waals surface area contributed by atoms with E-state index >= 15 is 0 Å². The molecule has 9 heteroatoms. The monoisotopic (exact) mass is 413 g/mol. The zero-order chi connectivity index (χ0) is 20.8. The molecule has 2 aromatic carbocycles. The number of carbonyl (C=O) groups is 1. The fourth-order valence-corrected chi connectivity index (χ4v) is 2.55. The molecule has 0 bridgehead atoms. The summed E-state index contributed by atoms with van der Waals surface area (Å²) in [4.78, 5) is 22.3. The average Bonchev–Trinajstić information content (AvgIpc) is 3.16. The minimum atomic E-state index is -0.569. The van der Waals surface area contributed by atoms with Crippen molar-refractivity contribution in [3.05, 3.63) is 81.1 Å². The normalized spacial score (nSPS) is 10.8. The highest BCUT2D eigenvalue weighted by Crippen LogP contribution is 2.27. The van der Waals surface area contributed by atoms with E-state index < -0.39 is 17.4 Å². The van der Waals surface area contributed by atoms with Crippen LogP contribution in [0, 0.1) is 17.0 Å². The first-order valence-electron chi connectivity index (χ1n) is 8.48. The van der Waals surface area contributed by atoms with E-state index in [2.05, 4.69) is 10.5 Å². The van der Waals surface area contributed by atoms with Gasteiger partial charge >= 0.3 is 5.69 Å². The van der Waals surface area contributed by atoms with Crippen molar-refractivity contribution in [3.8, 4) is 17.1 Å². The number of rotatable bonds is 7. The van der Waals surface area contributed by atoms with Crippen LogP contribution in [0.1, 0.15) is 11.3 Å². The van der Waals surface area contributed by atoms with Crippen molar-refractivity contribution in [2.24, 2.45) is 5.10 Å². The second-order valence-corrected chi connectivity index (χ2v) is 6.46. The summed E-state index contributed by atoms with van der Waals surface area (Å²) in [5.74, 6) is 0.508. The largest absolute Gasteiger partial charge is 0.477 e.